The third kappa shape index (κ3) is 4.05. The standard InChI is InChI=1S/C16H28N4O/c1-17-12-14-11-16(21-18-14)13-19-9-5-15(6-10-19)20-7-3-2-4-8-20/h11,15,17H,2-10,12-13H2,1H3. The van der Waals surface area contributed by atoms with Crippen molar-refractivity contribution >= 4 is 0 Å². The Labute approximate surface area is 127 Å². The van der Waals surface area contributed by atoms with Gasteiger partial charge in [-0.05, 0) is 45.8 Å². The van der Waals surface area contributed by atoms with E-state index < -0.39 is 0 Å². The normalized spacial score (nSPS) is 22.7. The lowest BCUT2D eigenvalue weighted by Gasteiger charge is -2.40. The molecule has 118 valence electrons. The summed E-state index contributed by atoms with van der Waals surface area (Å²) in [5.74, 6) is 0.997. The Morgan fingerprint density at radius 2 is 1.95 bits per heavy atom. The van der Waals surface area contributed by atoms with Gasteiger partial charge >= 0.3 is 0 Å². The van der Waals surface area contributed by atoms with E-state index in [2.05, 4.69) is 26.3 Å². The summed E-state index contributed by atoms with van der Waals surface area (Å²) in [5, 5.41) is 7.19. The summed E-state index contributed by atoms with van der Waals surface area (Å²) in [6.07, 6.45) is 6.82. The summed E-state index contributed by atoms with van der Waals surface area (Å²) in [6, 6.07) is 2.89. The first-order valence-electron chi connectivity index (χ1n) is 8.40. The molecule has 0 spiro atoms. The number of aromatic nitrogens is 1. The molecular formula is C16H28N4O. The molecular weight excluding hydrogens is 264 g/mol. The highest BCUT2D eigenvalue weighted by molar-refractivity contribution is 5.05. The highest BCUT2D eigenvalue weighted by Gasteiger charge is 2.25. The van der Waals surface area contributed by atoms with Crippen molar-refractivity contribution in [2.75, 3.05) is 33.2 Å². The van der Waals surface area contributed by atoms with Crippen LogP contribution in [0.4, 0.5) is 0 Å². The highest BCUT2D eigenvalue weighted by atomic mass is 16.5. The minimum atomic E-state index is 0.778. The molecule has 0 amide bonds. The molecule has 0 bridgehead atoms. The van der Waals surface area contributed by atoms with Gasteiger partial charge in [0.1, 0.15) is 0 Å². The second-order valence-corrected chi connectivity index (χ2v) is 6.42. The van der Waals surface area contributed by atoms with Crippen LogP contribution in [0.3, 0.4) is 0 Å². The van der Waals surface area contributed by atoms with Gasteiger partial charge in [-0.25, -0.2) is 0 Å². The molecule has 21 heavy (non-hydrogen) atoms. The van der Waals surface area contributed by atoms with E-state index in [9.17, 15) is 0 Å². The molecule has 5 nitrogen and oxygen atoms in total. The SMILES string of the molecule is CNCc1cc(CN2CCC(N3CCCCC3)CC2)on1. The topological polar surface area (TPSA) is 44.5 Å². The third-order valence-electron chi connectivity index (χ3n) is 4.81. The minimum absolute atomic E-state index is 0.778. The van der Waals surface area contributed by atoms with Gasteiger partial charge in [0, 0.05) is 31.7 Å². The van der Waals surface area contributed by atoms with Crippen molar-refractivity contribution in [1.29, 1.82) is 0 Å². The monoisotopic (exact) mass is 292 g/mol. The molecule has 0 radical (unpaired) electrons. The van der Waals surface area contributed by atoms with Crippen LogP contribution in [0, 0.1) is 0 Å². The average Bonchev–Trinajstić information content (AvgIpc) is 2.97. The molecule has 3 heterocycles. The molecule has 3 rings (SSSR count). The second-order valence-electron chi connectivity index (χ2n) is 6.42. The van der Waals surface area contributed by atoms with E-state index in [4.69, 9.17) is 4.52 Å². The average molecular weight is 292 g/mol. The lowest BCUT2D eigenvalue weighted by Crippen LogP contribution is -2.46. The van der Waals surface area contributed by atoms with Gasteiger partial charge in [-0.1, -0.05) is 11.6 Å². The lowest BCUT2D eigenvalue weighted by molar-refractivity contribution is 0.0855. The molecule has 2 aliphatic heterocycles. The maximum atomic E-state index is 5.42. The molecule has 2 saturated heterocycles. The minimum Gasteiger partial charge on any atom is -0.360 e. The van der Waals surface area contributed by atoms with Gasteiger partial charge in [0.25, 0.3) is 0 Å². The maximum Gasteiger partial charge on any atom is 0.151 e. The molecule has 0 aliphatic carbocycles. The Hall–Kier alpha value is -0.910. The lowest BCUT2D eigenvalue weighted by atomic mass is 10.00. The van der Waals surface area contributed by atoms with Gasteiger partial charge in [0.15, 0.2) is 5.76 Å². The number of hydrogen-bond acceptors (Lipinski definition) is 5. The van der Waals surface area contributed by atoms with Crippen LogP contribution in [0.25, 0.3) is 0 Å². The smallest absolute Gasteiger partial charge is 0.151 e. The number of piperidine rings is 2. The fourth-order valence-electron chi connectivity index (χ4n) is 3.64. The molecule has 2 fully saturated rings. The third-order valence-corrected chi connectivity index (χ3v) is 4.81. The molecule has 5 heteroatoms. The Balaban J connectivity index is 1.44. The first-order chi connectivity index (χ1) is 10.3. The van der Waals surface area contributed by atoms with Crippen LogP contribution in [0.1, 0.15) is 43.6 Å². The van der Waals surface area contributed by atoms with E-state index >= 15 is 0 Å². The summed E-state index contributed by atoms with van der Waals surface area (Å²) in [7, 11) is 1.93. The zero-order valence-corrected chi connectivity index (χ0v) is 13.2. The second kappa shape index (κ2) is 7.38. The van der Waals surface area contributed by atoms with Crippen molar-refractivity contribution < 1.29 is 4.52 Å². The largest absolute Gasteiger partial charge is 0.360 e. The summed E-state index contributed by atoms with van der Waals surface area (Å²) in [5.41, 5.74) is 0.996. The van der Waals surface area contributed by atoms with Gasteiger partial charge < -0.3 is 14.7 Å². The van der Waals surface area contributed by atoms with Crippen molar-refractivity contribution in [3.63, 3.8) is 0 Å². The Bertz CT molecular complexity index is 420. The molecule has 0 saturated carbocycles. The van der Waals surface area contributed by atoms with Crippen molar-refractivity contribution in [2.45, 2.75) is 51.2 Å². The number of likely N-dealkylation sites (tertiary alicyclic amines) is 2. The molecule has 2 aliphatic rings. The Morgan fingerprint density at radius 1 is 1.19 bits per heavy atom. The van der Waals surface area contributed by atoms with Crippen LogP contribution < -0.4 is 5.32 Å². The van der Waals surface area contributed by atoms with Crippen LogP contribution in [0.15, 0.2) is 10.6 Å². The number of nitrogens with one attached hydrogen (secondary N) is 1. The van der Waals surface area contributed by atoms with Gasteiger partial charge in [-0.2, -0.15) is 0 Å². The van der Waals surface area contributed by atoms with E-state index in [-0.39, 0.29) is 0 Å². The van der Waals surface area contributed by atoms with Crippen molar-refractivity contribution in [3.8, 4) is 0 Å². The molecule has 0 aromatic carbocycles. The molecule has 1 aromatic rings. The van der Waals surface area contributed by atoms with E-state index in [1.165, 1.54) is 58.3 Å². The number of nitrogens with zero attached hydrogens (tertiary/aromatic N) is 3. The summed E-state index contributed by atoms with van der Waals surface area (Å²) < 4.78 is 5.42. The van der Waals surface area contributed by atoms with Crippen molar-refractivity contribution in [3.05, 3.63) is 17.5 Å². The fourth-order valence-corrected chi connectivity index (χ4v) is 3.64. The predicted octanol–water partition coefficient (Wildman–Crippen LogP) is 1.84. The van der Waals surface area contributed by atoms with E-state index in [0.717, 1.165) is 30.6 Å². The summed E-state index contributed by atoms with van der Waals surface area (Å²) in [4.78, 5) is 5.23. The van der Waals surface area contributed by atoms with Gasteiger partial charge in [-0.15, -0.1) is 0 Å². The molecule has 1 aromatic heterocycles. The first-order valence-corrected chi connectivity index (χ1v) is 8.40. The summed E-state index contributed by atoms with van der Waals surface area (Å²) >= 11 is 0. The maximum absolute atomic E-state index is 5.42. The van der Waals surface area contributed by atoms with E-state index in [1.54, 1.807) is 0 Å². The zero-order valence-electron chi connectivity index (χ0n) is 13.2. The fraction of sp³-hybridized carbons (Fsp3) is 0.812. The van der Waals surface area contributed by atoms with E-state index in [0.29, 0.717) is 0 Å². The van der Waals surface area contributed by atoms with Gasteiger partial charge in [0.05, 0.1) is 12.2 Å². The summed E-state index contributed by atoms with van der Waals surface area (Å²) in [6.45, 7) is 6.69. The van der Waals surface area contributed by atoms with Crippen LogP contribution in [-0.2, 0) is 13.1 Å². The predicted molar refractivity (Wildman–Crippen MR) is 83.0 cm³/mol. The molecule has 0 unspecified atom stereocenters. The Kier molecular flexibility index (Phi) is 5.27. The molecule has 1 N–H and O–H groups in total. The van der Waals surface area contributed by atoms with Crippen molar-refractivity contribution in [1.82, 2.24) is 20.3 Å². The quantitative estimate of drug-likeness (QED) is 0.897. The number of rotatable bonds is 5. The first kappa shape index (κ1) is 15.0. The Morgan fingerprint density at radius 3 is 2.67 bits per heavy atom. The van der Waals surface area contributed by atoms with Gasteiger partial charge in [0.2, 0.25) is 0 Å². The van der Waals surface area contributed by atoms with E-state index in [1.807, 2.05) is 7.05 Å². The van der Waals surface area contributed by atoms with Crippen LogP contribution in [0.2, 0.25) is 0 Å². The zero-order chi connectivity index (χ0) is 14.5. The van der Waals surface area contributed by atoms with Crippen LogP contribution in [0.5, 0.6) is 0 Å². The van der Waals surface area contributed by atoms with Crippen LogP contribution in [-0.4, -0.2) is 54.2 Å². The van der Waals surface area contributed by atoms with Gasteiger partial charge in [-0.3, -0.25) is 4.90 Å². The highest BCUT2D eigenvalue weighted by Crippen LogP contribution is 2.22. The van der Waals surface area contributed by atoms with Crippen LogP contribution >= 0.6 is 0 Å². The van der Waals surface area contributed by atoms with Crippen molar-refractivity contribution in [2.24, 2.45) is 0 Å². The molecule has 0 atom stereocenters. The number of hydrogen-bond donors (Lipinski definition) is 1.